The summed E-state index contributed by atoms with van der Waals surface area (Å²) in [6.07, 6.45) is 0. The van der Waals surface area contributed by atoms with Crippen LogP contribution in [0.1, 0.15) is 5.82 Å². The topological polar surface area (TPSA) is 99.6 Å². The Hall–Kier alpha value is -3.36. The van der Waals surface area contributed by atoms with Gasteiger partial charge in [0.2, 0.25) is 0 Å². The molecule has 0 radical (unpaired) electrons. The number of hydrogen-bond acceptors (Lipinski definition) is 4. The van der Waals surface area contributed by atoms with E-state index in [-0.39, 0.29) is 17.6 Å². The number of imidazole rings is 1. The zero-order valence-corrected chi connectivity index (χ0v) is 14.0. The molecule has 9 nitrogen and oxygen atoms in total. The van der Waals surface area contributed by atoms with Crippen LogP contribution in [-0.2, 0) is 27.7 Å². The van der Waals surface area contributed by atoms with Crippen LogP contribution in [0.5, 0.6) is 0 Å². The van der Waals surface area contributed by atoms with Gasteiger partial charge in [-0.05, 0) is 12.1 Å². The third kappa shape index (κ3) is 2.02. The number of para-hydroxylation sites is 1. The van der Waals surface area contributed by atoms with E-state index in [4.69, 9.17) is 0 Å². The van der Waals surface area contributed by atoms with Crippen molar-refractivity contribution in [3.63, 3.8) is 0 Å². The molecule has 0 fully saturated rings. The second-order valence-electron chi connectivity index (χ2n) is 5.99. The highest BCUT2D eigenvalue weighted by molar-refractivity contribution is 5.78. The van der Waals surface area contributed by atoms with Crippen LogP contribution in [0.2, 0.25) is 0 Å². The smallest absolute Gasteiger partial charge is 0.332 e. The van der Waals surface area contributed by atoms with Crippen LogP contribution >= 0.6 is 0 Å². The molecule has 1 aromatic carbocycles. The molecule has 0 bridgehead atoms. The summed E-state index contributed by atoms with van der Waals surface area (Å²) < 4.78 is 5.64. The molecule has 4 rings (SSSR count). The maximum Gasteiger partial charge on any atom is 0.332 e. The Morgan fingerprint density at radius 2 is 1.72 bits per heavy atom. The maximum absolute atomic E-state index is 12.3. The molecule has 0 aliphatic heterocycles. The SMILES string of the molecule is Cn1c(=O)c2[nH]c(Cn3c4ccccc4c(=O)n3C)nc2n(C)c1=O. The van der Waals surface area contributed by atoms with Crippen LogP contribution in [0.3, 0.4) is 0 Å². The third-order valence-electron chi connectivity index (χ3n) is 4.51. The number of nitrogens with zero attached hydrogens (tertiary/aromatic N) is 5. The summed E-state index contributed by atoms with van der Waals surface area (Å²) in [6, 6.07) is 7.30. The monoisotopic (exact) mass is 340 g/mol. The standard InChI is InChI=1S/C16H16N6O3/c1-19-13-12(15(24)20(2)16(19)25)17-11(18-13)8-22-10-7-5-4-6-9(10)14(23)21(22)3/h4-7H,8H2,1-3H3,(H,17,18). The summed E-state index contributed by atoms with van der Waals surface area (Å²) in [5.41, 5.74) is 0.371. The first kappa shape index (κ1) is 15.2. The lowest BCUT2D eigenvalue weighted by Gasteiger charge is -2.06. The fraction of sp³-hybridized carbons (Fsp3) is 0.250. The molecule has 9 heteroatoms. The minimum Gasteiger partial charge on any atom is -0.335 e. The number of nitrogens with one attached hydrogen (secondary N) is 1. The Balaban J connectivity index is 1.94. The molecule has 0 spiro atoms. The van der Waals surface area contributed by atoms with Crippen molar-refractivity contribution < 1.29 is 0 Å². The highest BCUT2D eigenvalue weighted by atomic mass is 16.2. The van der Waals surface area contributed by atoms with Gasteiger partial charge in [0.25, 0.3) is 11.1 Å². The predicted octanol–water partition coefficient (Wildman–Crippen LogP) is -0.338. The minimum absolute atomic E-state index is 0.102. The lowest BCUT2D eigenvalue weighted by atomic mass is 10.2. The zero-order chi connectivity index (χ0) is 17.9. The van der Waals surface area contributed by atoms with E-state index in [9.17, 15) is 14.4 Å². The highest BCUT2D eigenvalue weighted by Crippen LogP contribution is 2.13. The first-order chi connectivity index (χ1) is 11.9. The predicted molar refractivity (Wildman–Crippen MR) is 92.9 cm³/mol. The second-order valence-corrected chi connectivity index (χ2v) is 5.99. The number of aromatic amines is 1. The molecule has 0 saturated heterocycles. The molecule has 0 amide bonds. The van der Waals surface area contributed by atoms with E-state index in [0.717, 1.165) is 10.1 Å². The number of benzene rings is 1. The molecule has 0 saturated carbocycles. The summed E-state index contributed by atoms with van der Waals surface area (Å²) in [7, 11) is 4.67. The van der Waals surface area contributed by atoms with Crippen molar-refractivity contribution in [2.75, 3.05) is 0 Å². The first-order valence-corrected chi connectivity index (χ1v) is 7.69. The van der Waals surface area contributed by atoms with Gasteiger partial charge in [0.15, 0.2) is 5.65 Å². The van der Waals surface area contributed by atoms with Crippen molar-refractivity contribution in [3.8, 4) is 0 Å². The average molecular weight is 340 g/mol. The van der Waals surface area contributed by atoms with Crippen molar-refractivity contribution in [1.82, 2.24) is 28.5 Å². The number of fused-ring (bicyclic) bond motifs is 2. The van der Waals surface area contributed by atoms with E-state index in [2.05, 4.69) is 9.97 Å². The van der Waals surface area contributed by atoms with E-state index < -0.39 is 11.2 Å². The van der Waals surface area contributed by atoms with E-state index >= 15 is 0 Å². The van der Waals surface area contributed by atoms with E-state index in [1.165, 1.54) is 16.3 Å². The van der Waals surface area contributed by atoms with Gasteiger partial charge in [0, 0.05) is 21.1 Å². The summed E-state index contributed by atoms with van der Waals surface area (Å²) in [4.78, 5) is 44.0. The fourth-order valence-electron chi connectivity index (χ4n) is 3.11. The van der Waals surface area contributed by atoms with Crippen LogP contribution in [-0.4, -0.2) is 28.5 Å². The van der Waals surface area contributed by atoms with E-state index in [0.29, 0.717) is 16.9 Å². The summed E-state index contributed by atoms with van der Waals surface area (Å²) in [5, 5.41) is 0.615. The Labute approximate surface area is 140 Å². The number of hydrogen-bond donors (Lipinski definition) is 1. The molecular formula is C16H16N6O3. The molecule has 0 aliphatic carbocycles. The molecule has 25 heavy (non-hydrogen) atoms. The lowest BCUT2D eigenvalue weighted by molar-refractivity contribution is 0.543. The molecule has 3 aromatic heterocycles. The molecule has 3 heterocycles. The summed E-state index contributed by atoms with van der Waals surface area (Å²) in [5.74, 6) is 0.490. The lowest BCUT2D eigenvalue weighted by Crippen LogP contribution is -2.36. The second kappa shape index (κ2) is 5.07. The molecule has 0 atom stereocenters. The van der Waals surface area contributed by atoms with Gasteiger partial charge in [0.1, 0.15) is 11.3 Å². The van der Waals surface area contributed by atoms with E-state index in [1.54, 1.807) is 24.8 Å². The normalized spacial score (nSPS) is 11.6. The van der Waals surface area contributed by atoms with Crippen LogP contribution in [0.4, 0.5) is 0 Å². The van der Waals surface area contributed by atoms with Crippen molar-refractivity contribution in [3.05, 3.63) is 61.3 Å². The molecule has 0 aliphatic rings. The van der Waals surface area contributed by atoms with Gasteiger partial charge >= 0.3 is 5.69 Å². The fourth-order valence-corrected chi connectivity index (χ4v) is 3.11. The van der Waals surface area contributed by atoms with Crippen molar-refractivity contribution >= 4 is 22.1 Å². The maximum atomic E-state index is 12.3. The van der Waals surface area contributed by atoms with Gasteiger partial charge in [-0.15, -0.1) is 0 Å². The third-order valence-corrected chi connectivity index (χ3v) is 4.51. The Bertz CT molecular complexity index is 1310. The average Bonchev–Trinajstić information content (AvgIpc) is 3.14. The molecule has 1 N–H and O–H groups in total. The molecule has 128 valence electrons. The van der Waals surface area contributed by atoms with Crippen LogP contribution in [0.15, 0.2) is 38.6 Å². The van der Waals surface area contributed by atoms with Crippen molar-refractivity contribution in [1.29, 1.82) is 0 Å². The Morgan fingerprint density at radius 3 is 2.48 bits per heavy atom. The minimum atomic E-state index is -0.436. The quantitative estimate of drug-likeness (QED) is 0.540. The van der Waals surface area contributed by atoms with Crippen molar-refractivity contribution in [2.45, 2.75) is 6.54 Å². The van der Waals surface area contributed by atoms with Crippen molar-refractivity contribution in [2.24, 2.45) is 21.1 Å². The Morgan fingerprint density at radius 1 is 1.00 bits per heavy atom. The van der Waals surface area contributed by atoms with Gasteiger partial charge in [0.05, 0.1) is 17.4 Å². The largest absolute Gasteiger partial charge is 0.335 e. The number of rotatable bonds is 2. The number of H-pyrrole nitrogens is 1. The van der Waals surface area contributed by atoms with Gasteiger partial charge in [-0.1, -0.05) is 12.1 Å². The van der Waals surface area contributed by atoms with Crippen LogP contribution in [0, 0.1) is 0 Å². The van der Waals surface area contributed by atoms with Crippen LogP contribution < -0.4 is 16.8 Å². The van der Waals surface area contributed by atoms with Gasteiger partial charge in [-0.25, -0.2) is 9.78 Å². The number of aryl methyl sites for hydroxylation is 1. The first-order valence-electron chi connectivity index (χ1n) is 7.69. The van der Waals surface area contributed by atoms with Gasteiger partial charge in [-0.3, -0.25) is 28.1 Å². The van der Waals surface area contributed by atoms with Crippen LogP contribution in [0.25, 0.3) is 22.1 Å². The van der Waals surface area contributed by atoms with Gasteiger partial charge < -0.3 is 4.98 Å². The molecule has 4 aromatic rings. The highest BCUT2D eigenvalue weighted by Gasteiger charge is 2.16. The zero-order valence-electron chi connectivity index (χ0n) is 14.0. The summed E-state index contributed by atoms with van der Waals surface area (Å²) >= 11 is 0. The van der Waals surface area contributed by atoms with E-state index in [1.807, 2.05) is 18.2 Å². The molecule has 0 unspecified atom stereocenters. The number of aromatic nitrogens is 6. The van der Waals surface area contributed by atoms with Gasteiger partial charge in [-0.2, -0.15) is 0 Å². The summed E-state index contributed by atoms with van der Waals surface area (Å²) in [6.45, 7) is 0.269. The molecular weight excluding hydrogens is 324 g/mol. The Kier molecular flexibility index (Phi) is 3.08.